The van der Waals surface area contributed by atoms with Crippen molar-refractivity contribution in [2.45, 2.75) is 13.0 Å². The summed E-state index contributed by atoms with van der Waals surface area (Å²) in [5.74, 6) is 0.827. The smallest absolute Gasteiger partial charge is 0.254 e. The summed E-state index contributed by atoms with van der Waals surface area (Å²) in [7, 11) is 4.62. The summed E-state index contributed by atoms with van der Waals surface area (Å²) in [4.78, 5) is 13.5. The molecule has 18 heavy (non-hydrogen) atoms. The molecule has 1 atom stereocenters. The van der Waals surface area contributed by atoms with Gasteiger partial charge in [0.25, 0.3) is 5.91 Å². The summed E-state index contributed by atoms with van der Waals surface area (Å²) in [6.07, 6.45) is 0. The Morgan fingerprint density at radius 1 is 1.28 bits per heavy atom. The second-order valence-corrected chi connectivity index (χ2v) is 3.82. The van der Waals surface area contributed by atoms with Crippen LogP contribution in [0.3, 0.4) is 0 Å². The van der Waals surface area contributed by atoms with Crippen LogP contribution in [0.25, 0.3) is 0 Å². The number of benzene rings is 1. The number of hydrogen-bond donors (Lipinski definition) is 0. The molecule has 0 saturated carbocycles. The van der Waals surface area contributed by atoms with E-state index in [4.69, 9.17) is 14.7 Å². The van der Waals surface area contributed by atoms with Crippen LogP contribution in [-0.4, -0.2) is 38.1 Å². The normalized spacial score (nSPS) is 11.3. The molecule has 0 saturated heterocycles. The molecule has 96 valence electrons. The van der Waals surface area contributed by atoms with E-state index >= 15 is 0 Å². The Morgan fingerprint density at radius 2 is 1.78 bits per heavy atom. The average molecular weight is 248 g/mol. The summed E-state index contributed by atoms with van der Waals surface area (Å²) in [5.41, 5.74) is 0.427. The molecule has 5 heteroatoms. The van der Waals surface area contributed by atoms with Gasteiger partial charge in [-0.2, -0.15) is 5.26 Å². The van der Waals surface area contributed by atoms with E-state index in [0.29, 0.717) is 17.1 Å². The van der Waals surface area contributed by atoms with Crippen molar-refractivity contribution in [3.05, 3.63) is 23.8 Å². The Labute approximate surface area is 107 Å². The zero-order chi connectivity index (χ0) is 13.7. The van der Waals surface area contributed by atoms with Crippen molar-refractivity contribution in [1.82, 2.24) is 4.90 Å². The lowest BCUT2D eigenvalue weighted by Crippen LogP contribution is -2.34. The summed E-state index contributed by atoms with van der Waals surface area (Å²) >= 11 is 0. The van der Waals surface area contributed by atoms with Gasteiger partial charge in [-0.1, -0.05) is 0 Å². The van der Waals surface area contributed by atoms with Gasteiger partial charge in [-0.15, -0.1) is 0 Å². The first kappa shape index (κ1) is 13.8. The summed E-state index contributed by atoms with van der Waals surface area (Å²) < 4.78 is 10.2. The van der Waals surface area contributed by atoms with Crippen LogP contribution < -0.4 is 9.47 Å². The van der Waals surface area contributed by atoms with Crippen LogP contribution in [0.5, 0.6) is 11.5 Å². The minimum atomic E-state index is -0.491. The maximum Gasteiger partial charge on any atom is 0.254 e. The fourth-order valence-electron chi connectivity index (χ4n) is 1.40. The molecular weight excluding hydrogens is 232 g/mol. The third kappa shape index (κ3) is 2.92. The van der Waals surface area contributed by atoms with E-state index in [2.05, 4.69) is 0 Å². The number of nitrogens with zero attached hydrogens (tertiary/aromatic N) is 2. The van der Waals surface area contributed by atoms with E-state index in [-0.39, 0.29) is 5.91 Å². The highest BCUT2D eigenvalue weighted by atomic mass is 16.5. The molecule has 0 radical (unpaired) electrons. The zero-order valence-corrected chi connectivity index (χ0v) is 10.9. The highest BCUT2D eigenvalue weighted by molar-refractivity contribution is 5.95. The molecule has 0 heterocycles. The maximum absolute atomic E-state index is 12.1. The van der Waals surface area contributed by atoms with Gasteiger partial charge >= 0.3 is 0 Å². The van der Waals surface area contributed by atoms with Gasteiger partial charge in [0.05, 0.1) is 20.3 Å². The highest BCUT2D eigenvalue weighted by Crippen LogP contribution is 2.23. The Bertz CT molecular complexity index is 457. The third-order valence-electron chi connectivity index (χ3n) is 2.69. The second-order valence-electron chi connectivity index (χ2n) is 3.82. The second kappa shape index (κ2) is 5.92. The molecule has 0 bridgehead atoms. The fraction of sp³-hybridized carbons (Fsp3) is 0.385. The zero-order valence-electron chi connectivity index (χ0n) is 10.9. The Morgan fingerprint density at radius 3 is 2.17 bits per heavy atom. The number of carbonyl (C=O) groups excluding carboxylic acids is 1. The third-order valence-corrected chi connectivity index (χ3v) is 2.69. The molecule has 1 rings (SSSR count). The minimum absolute atomic E-state index is 0.249. The number of amides is 1. The van der Waals surface area contributed by atoms with Crippen LogP contribution in [0.1, 0.15) is 17.3 Å². The summed E-state index contributed by atoms with van der Waals surface area (Å²) in [6, 6.07) is 6.44. The van der Waals surface area contributed by atoms with Gasteiger partial charge in [0.2, 0.25) is 0 Å². The lowest BCUT2D eigenvalue weighted by Gasteiger charge is -2.20. The van der Waals surface area contributed by atoms with Gasteiger partial charge in [0, 0.05) is 18.7 Å². The van der Waals surface area contributed by atoms with E-state index in [1.165, 1.54) is 19.1 Å². The number of nitriles is 1. The quantitative estimate of drug-likeness (QED) is 0.813. The highest BCUT2D eigenvalue weighted by Gasteiger charge is 2.18. The number of hydrogen-bond acceptors (Lipinski definition) is 4. The first-order valence-corrected chi connectivity index (χ1v) is 5.43. The Balaban J connectivity index is 3.09. The van der Waals surface area contributed by atoms with E-state index < -0.39 is 6.04 Å². The maximum atomic E-state index is 12.1. The lowest BCUT2D eigenvalue weighted by molar-refractivity contribution is 0.0772. The van der Waals surface area contributed by atoms with E-state index in [0.717, 1.165) is 0 Å². The van der Waals surface area contributed by atoms with Crippen molar-refractivity contribution in [2.75, 3.05) is 21.3 Å². The number of ether oxygens (including phenoxy) is 2. The molecule has 0 aliphatic rings. The molecule has 1 unspecified atom stereocenters. The van der Waals surface area contributed by atoms with Crippen LogP contribution in [0, 0.1) is 11.3 Å². The molecule has 0 N–H and O–H groups in total. The lowest BCUT2D eigenvalue weighted by atomic mass is 10.1. The molecule has 0 spiro atoms. The van der Waals surface area contributed by atoms with Gasteiger partial charge in [0.15, 0.2) is 0 Å². The van der Waals surface area contributed by atoms with Crippen LogP contribution in [0.2, 0.25) is 0 Å². The van der Waals surface area contributed by atoms with E-state index in [1.54, 1.807) is 32.2 Å². The van der Waals surface area contributed by atoms with Crippen LogP contribution in [0.15, 0.2) is 18.2 Å². The standard InChI is InChI=1S/C13H16N2O3/c1-9(8-14)15(2)13(16)10-5-11(17-3)7-12(6-10)18-4/h5-7,9H,1-4H3. The Kier molecular flexibility index (Phi) is 4.55. The number of rotatable bonds is 4. The van der Waals surface area contributed by atoms with Crippen molar-refractivity contribution < 1.29 is 14.3 Å². The van der Waals surface area contributed by atoms with E-state index in [1.807, 2.05) is 6.07 Å². The van der Waals surface area contributed by atoms with Crippen molar-refractivity contribution >= 4 is 5.91 Å². The van der Waals surface area contributed by atoms with Gasteiger partial charge in [-0.05, 0) is 19.1 Å². The fourth-order valence-corrected chi connectivity index (χ4v) is 1.40. The predicted octanol–water partition coefficient (Wildman–Crippen LogP) is 1.69. The predicted molar refractivity (Wildman–Crippen MR) is 66.7 cm³/mol. The SMILES string of the molecule is COc1cc(OC)cc(C(=O)N(C)C(C)C#N)c1. The number of methoxy groups -OCH3 is 2. The van der Waals surface area contributed by atoms with Gasteiger partial charge in [-0.3, -0.25) is 4.79 Å². The van der Waals surface area contributed by atoms with Crippen LogP contribution in [0.4, 0.5) is 0 Å². The van der Waals surface area contributed by atoms with Crippen molar-refractivity contribution in [2.24, 2.45) is 0 Å². The molecule has 1 aromatic carbocycles. The monoisotopic (exact) mass is 248 g/mol. The molecule has 1 aromatic rings. The van der Waals surface area contributed by atoms with Crippen molar-refractivity contribution in [3.63, 3.8) is 0 Å². The minimum Gasteiger partial charge on any atom is -0.497 e. The van der Waals surface area contributed by atoms with Crippen molar-refractivity contribution in [1.29, 1.82) is 5.26 Å². The molecule has 1 amide bonds. The van der Waals surface area contributed by atoms with E-state index in [9.17, 15) is 4.79 Å². The first-order valence-electron chi connectivity index (χ1n) is 5.43. The molecule has 0 aromatic heterocycles. The van der Waals surface area contributed by atoms with Gasteiger partial charge in [0.1, 0.15) is 17.5 Å². The molecule has 0 aliphatic carbocycles. The average Bonchev–Trinajstić information content (AvgIpc) is 2.43. The van der Waals surface area contributed by atoms with Crippen LogP contribution in [-0.2, 0) is 0 Å². The number of carbonyl (C=O) groups is 1. The Hall–Kier alpha value is -2.22. The largest absolute Gasteiger partial charge is 0.497 e. The molecule has 0 aliphatic heterocycles. The molecular formula is C13H16N2O3. The van der Waals surface area contributed by atoms with Gasteiger partial charge < -0.3 is 14.4 Å². The summed E-state index contributed by atoms with van der Waals surface area (Å²) in [5, 5.41) is 8.81. The molecule has 0 fully saturated rings. The first-order chi connectivity index (χ1) is 8.53. The van der Waals surface area contributed by atoms with Crippen LogP contribution >= 0.6 is 0 Å². The van der Waals surface area contributed by atoms with Gasteiger partial charge in [-0.25, -0.2) is 0 Å². The summed E-state index contributed by atoms with van der Waals surface area (Å²) in [6.45, 7) is 1.66. The topological polar surface area (TPSA) is 62.6 Å². The molecule has 5 nitrogen and oxygen atoms in total. The van der Waals surface area contributed by atoms with Crippen molar-refractivity contribution in [3.8, 4) is 17.6 Å².